The van der Waals surface area contributed by atoms with Gasteiger partial charge in [-0.25, -0.2) is 4.39 Å². The molecule has 0 spiro atoms. The molecule has 0 bridgehead atoms. The normalized spacial score (nSPS) is 11.6. The van der Waals surface area contributed by atoms with Gasteiger partial charge >= 0.3 is 0 Å². The summed E-state index contributed by atoms with van der Waals surface area (Å²) < 4.78 is 18.6. The number of ether oxygens (including phenoxy) is 1. The quantitative estimate of drug-likeness (QED) is 0.743. The van der Waals surface area contributed by atoms with Crippen LogP contribution in [0, 0.1) is 5.82 Å². The van der Waals surface area contributed by atoms with E-state index in [0.29, 0.717) is 12.3 Å². The highest BCUT2D eigenvalue weighted by Crippen LogP contribution is 2.31. The van der Waals surface area contributed by atoms with Gasteiger partial charge in [-0.2, -0.15) is 0 Å². The van der Waals surface area contributed by atoms with Crippen molar-refractivity contribution in [2.75, 3.05) is 26.7 Å². The van der Waals surface area contributed by atoms with E-state index < -0.39 is 0 Å². The third kappa shape index (κ3) is 3.68. The molecule has 4 heteroatoms. The molecule has 0 atom stereocenters. The molecule has 96 valence electrons. The van der Waals surface area contributed by atoms with Gasteiger partial charge in [0.05, 0.1) is 7.11 Å². The minimum Gasteiger partial charge on any atom is -0.496 e. The highest BCUT2D eigenvalue weighted by molar-refractivity contribution is 5.39. The summed E-state index contributed by atoms with van der Waals surface area (Å²) in [6.07, 6.45) is 0. The molecule has 3 N–H and O–H groups in total. The molecule has 1 rings (SSSR count). The minimum absolute atomic E-state index is 0.206. The van der Waals surface area contributed by atoms with E-state index in [1.54, 1.807) is 13.2 Å². The first-order valence-electron chi connectivity index (χ1n) is 5.76. The first-order valence-corrected chi connectivity index (χ1v) is 5.76. The molecular formula is C13H21FN2O. The smallest absolute Gasteiger partial charge is 0.123 e. The Bertz CT molecular complexity index is 366. The molecule has 1 aromatic rings. The predicted molar refractivity (Wildman–Crippen MR) is 67.9 cm³/mol. The van der Waals surface area contributed by atoms with Crippen LogP contribution in [0.1, 0.15) is 19.4 Å². The van der Waals surface area contributed by atoms with Gasteiger partial charge in [0.15, 0.2) is 0 Å². The van der Waals surface area contributed by atoms with Crippen LogP contribution in [-0.4, -0.2) is 26.7 Å². The van der Waals surface area contributed by atoms with E-state index in [2.05, 4.69) is 5.32 Å². The van der Waals surface area contributed by atoms with Gasteiger partial charge in [0.1, 0.15) is 11.6 Å². The van der Waals surface area contributed by atoms with Crippen molar-refractivity contribution in [3.05, 3.63) is 29.6 Å². The highest BCUT2D eigenvalue weighted by atomic mass is 19.1. The van der Waals surface area contributed by atoms with Crippen molar-refractivity contribution in [1.82, 2.24) is 5.32 Å². The third-order valence-electron chi connectivity index (χ3n) is 2.78. The Balaban J connectivity index is 2.91. The standard InChI is InChI=1S/C13H21FN2O/c1-13(2,9-16-7-6-15)11-8-10(14)4-5-12(11)17-3/h4-5,8,16H,6-7,9,15H2,1-3H3. The molecule has 0 saturated heterocycles. The van der Waals surface area contributed by atoms with Crippen LogP contribution in [0.2, 0.25) is 0 Å². The number of hydrogen-bond donors (Lipinski definition) is 2. The lowest BCUT2D eigenvalue weighted by atomic mass is 9.84. The van der Waals surface area contributed by atoms with Crippen LogP contribution in [0.15, 0.2) is 18.2 Å². The van der Waals surface area contributed by atoms with Crippen LogP contribution in [0.4, 0.5) is 4.39 Å². The lowest BCUT2D eigenvalue weighted by Gasteiger charge is -2.27. The zero-order valence-electron chi connectivity index (χ0n) is 10.7. The monoisotopic (exact) mass is 240 g/mol. The van der Waals surface area contributed by atoms with E-state index in [4.69, 9.17) is 10.5 Å². The third-order valence-corrected chi connectivity index (χ3v) is 2.78. The summed E-state index contributed by atoms with van der Waals surface area (Å²) in [5.41, 5.74) is 6.09. The van der Waals surface area contributed by atoms with Crippen molar-refractivity contribution < 1.29 is 9.13 Å². The molecule has 0 fully saturated rings. The van der Waals surface area contributed by atoms with E-state index in [-0.39, 0.29) is 11.2 Å². The second kappa shape index (κ2) is 5.98. The van der Waals surface area contributed by atoms with Crippen LogP contribution in [0.5, 0.6) is 5.75 Å². The van der Waals surface area contributed by atoms with Crippen molar-refractivity contribution in [2.24, 2.45) is 5.73 Å². The SMILES string of the molecule is COc1ccc(F)cc1C(C)(C)CNCCN. The molecule has 0 aliphatic rings. The molecule has 3 nitrogen and oxygen atoms in total. The van der Waals surface area contributed by atoms with Crippen LogP contribution in [-0.2, 0) is 5.41 Å². The second-order valence-electron chi connectivity index (χ2n) is 4.69. The largest absolute Gasteiger partial charge is 0.496 e. The van der Waals surface area contributed by atoms with E-state index >= 15 is 0 Å². The summed E-state index contributed by atoms with van der Waals surface area (Å²) in [6.45, 7) is 6.17. The van der Waals surface area contributed by atoms with Crippen LogP contribution >= 0.6 is 0 Å². The van der Waals surface area contributed by atoms with E-state index in [1.807, 2.05) is 13.8 Å². The number of rotatable bonds is 6. The lowest BCUT2D eigenvalue weighted by Crippen LogP contribution is -2.35. The Morgan fingerprint density at radius 2 is 2.12 bits per heavy atom. The van der Waals surface area contributed by atoms with Crippen LogP contribution in [0.25, 0.3) is 0 Å². The summed E-state index contributed by atoms with van der Waals surface area (Å²) in [7, 11) is 1.60. The number of benzene rings is 1. The highest BCUT2D eigenvalue weighted by Gasteiger charge is 2.24. The molecular weight excluding hydrogens is 219 g/mol. The van der Waals surface area contributed by atoms with E-state index in [9.17, 15) is 4.39 Å². The van der Waals surface area contributed by atoms with Gasteiger partial charge in [-0.05, 0) is 18.2 Å². The van der Waals surface area contributed by atoms with E-state index in [0.717, 1.165) is 18.7 Å². The molecule has 0 unspecified atom stereocenters. The number of hydrogen-bond acceptors (Lipinski definition) is 3. The van der Waals surface area contributed by atoms with Crippen molar-refractivity contribution in [3.63, 3.8) is 0 Å². The Hall–Kier alpha value is -1.13. The fraction of sp³-hybridized carbons (Fsp3) is 0.538. The molecule has 0 radical (unpaired) electrons. The molecule has 0 saturated carbocycles. The average molecular weight is 240 g/mol. The zero-order chi connectivity index (χ0) is 12.9. The van der Waals surface area contributed by atoms with Gasteiger partial charge in [0.2, 0.25) is 0 Å². The number of methoxy groups -OCH3 is 1. The average Bonchev–Trinajstić information content (AvgIpc) is 2.29. The topological polar surface area (TPSA) is 47.3 Å². The number of halogens is 1. The maximum Gasteiger partial charge on any atom is 0.123 e. The zero-order valence-corrected chi connectivity index (χ0v) is 10.7. The predicted octanol–water partition coefficient (Wildman–Crippen LogP) is 1.66. The minimum atomic E-state index is -0.243. The molecule has 0 heterocycles. The molecule has 0 aliphatic heterocycles. The molecule has 0 amide bonds. The summed E-state index contributed by atoms with van der Waals surface area (Å²) in [4.78, 5) is 0. The van der Waals surface area contributed by atoms with Crippen molar-refractivity contribution >= 4 is 0 Å². The maximum absolute atomic E-state index is 13.3. The summed E-state index contributed by atoms with van der Waals surface area (Å²) in [6, 6.07) is 4.60. The first-order chi connectivity index (χ1) is 8.01. The van der Waals surface area contributed by atoms with Gasteiger partial charge < -0.3 is 15.8 Å². The van der Waals surface area contributed by atoms with Crippen molar-refractivity contribution in [1.29, 1.82) is 0 Å². The van der Waals surface area contributed by atoms with Crippen LogP contribution in [0.3, 0.4) is 0 Å². The molecule has 1 aromatic carbocycles. The Morgan fingerprint density at radius 3 is 2.71 bits per heavy atom. The van der Waals surface area contributed by atoms with Crippen LogP contribution < -0.4 is 15.8 Å². The number of nitrogens with two attached hydrogens (primary N) is 1. The Morgan fingerprint density at radius 1 is 1.41 bits per heavy atom. The second-order valence-corrected chi connectivity index (χ2v) is 4.69. The Kier molecular flexibility index (Phi) is 4.90. The summed E-state index contributed by atoms with van der Waals surface area (Å²) >= 11 is 0. The number of nitrogens with one attached hydrogen (secondary N) is 1. The summed E-state index contributed by atoms with van der Waals surface area (Å²) in [5, 5.41) is 3.24. The fourth-order valence-corrected chi connectivity index (χ4v) is 1.81. The maximum atomic E-state index is 13.3. The van der Waals surface area contributed by atoms with Gasteiger partial charge in [-0.15, -0.1) is 0 Å². The lowest BCUT2D eigenvalue weighted by molar-refractivity contribution is 0.384. The summed E-state index contributed by atoms with van der Waals surface area (Å²) in [5.74, 6) is 0.471. The van der Waals surface area contributed by atoms with E-state index in [1.165, 1.54) is 12.1 Å². The fourth-order valence-electron chi connectivity index (χ4n) is 1.81. The van der Waals surface area contributed by atoms with Crippen molar-refractivity contribution in [2.45, 2.75) is 19.3 Å². The molecule has 0 aromatic heterocycles. The molecule has 17 heavy (non-hydrogen) atoms. The first kappa shape index (κ1) is 13.9. The van der Waals surface area contributed by atoms with Gasteiger partial charge in [-0.1, -0.05) is 13.8 Å². The van der Waals surface area contributed by atoms with Crippen molar-refractivity contribution in [3.8, 4) is 5.75 Å². The van der Waals surface area contributed by atoms with Gasteiger partial charge in [0.25, 0.3) is 0 Å². The molecule has 0 aliphatic carbocycles. The Labute approximate surface area is 102 Å². The van der Waals surface area contributed by atoms with Gasteiger partial charge in [-0.3, -0.25) is 0 Å². The van der Waals surface area contributed by atoms with Gasteiger partial charge in [0, 0.05) is 30.6 Å².